The fourth-order valence-electron chi connectivity index (χ4n) is 3.25. The topological polar surface area (TPSA) is 96.0 Å². The fourth-order valence-corrected chi connectivity index (χ4v) is 3.25. The molecule has 8 heteroatoms. The molecule has 2 aromatic carbocycles. The van der Waals surface area contributed by atoms with Crippen molar-refractivity contribution < 1.29 is 9.53 Å². The lowest BCUT2D eigenvalue weighted by atomic mass is 10.2. The summed E-state index contributed by atoms with van der Waals surface area (Å²) in [6, 6.07) is 17.7. The summed E-state index contributed by atoms with van der Waals surface area (Å²) in [5.74, 6) is 3.12. The highest BCUT2D eigenvalue weighted by Crippen LogP contribution is 2.32. The normalized spacial score (nSPS) is 12.0. The summed E-state index contributed by atoms with van der Waals surface area (Å²) in [7, 11) is 3.43. The molecular formula is C26H32N6O2. The summed E-state index contributed by atoms with van der Waals surface area (Å²) < 4.78 is 5.24. The second-order valence-corrected chi connectivity index (χ2v) is 7.58. The summed E-state index contributed by atoms with van der Waals surface area (Å²) >= 11 is 0. The molecule has 34 heavy (non-hydrogen) atoms. The number of aromatic amines is 1. The molecule has 1 amide bonds. The van der Waals surface area contributed by atoms with Crippen LogP contribution in [-0.2, 0) is 4.79 Å². The van der Waals surface area contributed by atoms with Crippen LogP contribution in [0.15, 0.2) is 60.8 Å². The predicted octanol–water partition coefficient (Wildman–Crippen LogP) is 5.50. The standard InChI is InChI=1S/C13H13N5O.C11H13NO.C2H6/c1-8-14-7-11(19-2)13(15-8)16-12-9-5-3-4-6-10(9)17-18-12;1-12(11(13)9-7-8-9)10-5-3-2-4-6-10;1-2/h3-7H,1-2H3,(H2,14,15,16,17,18);2-6,9H,7-8H2,1H3;1-2H3. The number of para-hydroxylation sites is 2. The van der Waals surface area contributed by atoms with Crippen molar-refractivity contribution in [1.29, 1.82) is 0 Å². The van der Waals surface area contributed by atoms with Gasteiger partial charge in [-0.25, -0.2) is 9.97 Å². The van der Waals surface area contributed by atoms with Gasteiger partial charge in [-0.3, -0.25) is 9.89 Å². The van der Waals surface area contributed by atoms with Crippen LogP contribution < -0.4 is 15.0 Å². The molecule has 8 nitrogen and oxygen atoms in total. The van der Waals surface area contributed by atoms with E-state index in [1.165, 1.54) is 0 Å². The monoisotopic (exact) mass is 460 g/mol. The minimum absolute atomic E-state index is 0.256. The number of carbonyl (C=O) groups is 1. The number of carbonyl (C=O) groups excluding carboxylic acids is 1. The minimum atomic E-state index is 0.256. The number of nitrogens with zero attached hydrogens (tertiary/aromatic N) is 4. The number of nitrogens with one attached hydrogen (secondary N) is 2. The number of anilines is 3. The van der Waals surface area contributed by atoms with Crippen LogP contribution in [0.25, 0.3) is 10.9 Å². The molecule has 2 N–H and O–H groups in total. The van der Waals surface area contributed by atoms with Crippen LogP contribution in [-0.4, -0.2) is 40.2 Å². The lowest BCUT2D eigenvalue weighted by Crippen LogP contribution is -2.27. The highest BCUT2D eigenvalue weighted by Gasteiger charge is 2.32. The number of benzene rings is 2. The number of fused-ring (bicyclic) bond motifs is 1. The summed E-state index contributed by atoms with van der Waals surface area (Å²) in [5, 5.41) is 11.4. The van der Waals surface area contributed by atoms with Gasteiger partial charge in [-0.2, -0.15) is 5.10 Å². The summed E-state index contributed by atoms with van der Waals surface area (Å²) in [6.45, 7) is 5.83. The zero-order chi connectivity index (χ0) is 24.5. The van der Waals surface area contributed by atoms with E-state index in [9.17, 15) is 4.79 Å². The summed E-state index contributed by atoms with van der Waals surface area (Å²) in [6.07, 6.45) is 3.77. The van der Waals surface area contributed by atoms with Crippen molar-refractivity contribution in [2.75, 3.05) is 24.4 Å². The number of amides is 1. The molecule has 0 unspecified atom stereocenters. The molecule has 0 bridgehead atoms. The first-order chi connectivity index (χ1) is 16.6. The first kappa shape index (κ1) is 24.7. The summed E-state index contributed by atoms with van der Waals surface area (Å²) in [5.41, 5.74) is 1.95. The van der Waals surface area contributed by atoms with Crippen LogP contribution in [0.2, 0.25) is 0 Å². The van der Waals surface area contributed by atoms with Crippen LogP contribution in [0.4, 0.5) is 17.3 Å². The molecule has 0 radical (unpaired) electrons. The van der Waals surface area contributed by atoms with Gasteiger partial charge in [-0.15, -0.1) is 0 Å². The molecule has 1 aliphatic carbocycles. The van der Waals surface area contributed by atoms with Crippen molar-refractivity contribution in [2.45, 2.75) is 33.6 Å². The molecule has 1 fully saturated rings. The Labute approximate surface area is 200 Å². The van der Waals surface area contributed by atoms with E-state index < -0.39 is 0 Å². The first-order valence-corrected chi connectivity index (χ1v) is 11.5. The lowest BCUT2D eigenvalue weighted by molar-refractivity contribution is -0.119. The molecule has 0 aliphatic heterocycles. The maximum Gasteiger partial charge on any atom is 0.229 e. The van der Waals surface area contributed by atoms with E-state index in [-0.39, 0.29) is 5.91 Å². The molecule has 1 aliphatic rings. The Kier molecular flexibility index (Phi) is 8.56. The predicted molar refractivity (Wildman–Crippen MR) is 137 cm³/mol. The van der Waals surface area contributed by atoms with Gasteiger partial charge in [-0.05, 0) is 44.0 Å². The average molecular weight is 461 g/mol. The Morgan fingerprint density at radius 2 is 1.74 bits per heavy atom. The third-order valence-electron chi connectivity index (χ3n) is 5.20. The van der Waals surface area contributed by atoms with Gasteiger partial charge in [0.15, 0.2) is 17.4 Å². The Morgan fingerprint density at radius 1 is 1.06 bits per heavy atom. The van der Waals surface area contributed by atoms with Gasteiger partial charge in [0.2, 0.25) is 5.91 Å². The highest BCUT2D eigenvalue weighted by molar-refractivity contribution is 5.95. The van der Waals surface area contributed by atoms with Gasteiger partial charge < -0.3 is 15.0 Å². The first-order valence-electron chi connectivity index (χ1n) is 11.5. The molecule has 5 rings (SSSR count). The molecular weight excluding hydrogens is 428 g/mol. The zero-order valence-electron chi connectivity index (χ0n) is 20.4. The smallest absolute Gasteiger partial charge is 0.229 e. The van der Waals surface area contributed by atoms with E-state index in [0.717, 1.165) is 29.4 Å². The highest BCUT2D eigenvalue weighted by atomic mass is 16.5. The molecule has 4 aromatic rings. The van der Waals surface area contributed by atoms with Crippen LogP contribution in [0.1, 0.15) is 32.5 Å². The number of aryl methyl sites for hydroxylation is 1. The van der Waals surface area contributed by atoms with Crippen molar-refractivity contribution in [2.24, 2.45) is 5.92 Å². The van der Waals surface area contributed by atoms with Crippen LogP contribution in [0.3, 0.4) is 0 Å². The molecule has 2 aromatic heterocycles. The maximum absolute atomic E-state index is 11.6. The second kappa shape index (κ2) is 11.8. The Balaban J connectivity index is 0.000000189. The van der Waals surface area contributed by atoms with Crippen molar-refractivity contribution in [3.8, 4) is 5.75 Å². The number of methoxy groups -OCH3 is 1. The summed E-state index contributed by atoms with van der Waals surface area (Å²) in [4.78, 5) is 21.8. The van der Waals surface area contributed by atoms with Crippen LogP contribution in [0.5, 0.6) is 5.75 Å². The van der Waals surface area contributed by atoms with Gasteiger partial charge in [-0.1, -0.05) is 44.2 Å². The van der Waals surface area contributed by atoms with Gasteiger partial charge in [0, 0.05) is 24.0 Å². The number of hydrogen-bond donors (Lipinski definition) is 2. The van der Waals surface area contributed by atoms with Gasteiger partial charge in [0.25, 0.3) is 0 Å². The van der Waals surface area contributed by atoms with Crippen LogP contribution >= 0.6 is 0 Å². The SMILES string of the molecule is CC.CN(C(=O)C1CC1)c1ccccc1.COc1cnc(C)nc1Nc1n[nH]c2ccccc12. The number of rotatable bonds is 5. The molecule has 2 heterocycles. The van der Waals surface area contributed by atoms with E-state index in [4.69, 9.17) is 4.74 Å². The third kappa shape index (κ3) is 6.10. The van der Waals surface area contributed by atoms with Crippen molar-refractivity contribution in [1.82, 2.24) is 20.2 Å². The minimum Gasteiger partial charge on any atom is -0.491 e. The molecule has 0 atom stereocenters. The Morgan fingerprint density at radius 3 is 2.41 bits per heavy atom. The Hall–Kier alpha value is -3.94. The fraction of sp³-hybridized carbons (Fsp3) is 0.308. The molecule has 0 spiro atoms. The number of ether oxygens (including phenoxy) is 1. The van der Waals surface area contributed by atoms with E-state index in [1.807, 2.05) is 82.4 Å². The third-order valence-corrected chi connectivity index (χ3v) is 5.20. The maximum atomic E-state index is 11.6. The van der Waals surface area contributed by atoms with E-state index >= 15 is 0 Å². The van der Waals surface area contributed by atoms with Gasteiger partial charge in [0.1, 0.15) is 5.82 Å². The van der Waals surface area contributed by atoms with Crippen molar-refractivity contribution in [3.05, 3.63) is 66.6 Å². The van der Waals surface area contributed by atoms with Crippen molar-refractivity contribution in [3.63, 3.8) is 0 Å². The quantitative estimate of drug-likeness (QED) is 0.408. The number of aromatic nitrogens is 4. The zero-order valence-corrected chi connectivity index (χ0v) is 20.4. The number of H-pyrrole nitrogens is 1. The van der Waals surface area contributed by atoms with Gasteiger partial charge in [0.05, 0.1) is 18.8 Å². The van der Waals surface area contributed by atoms with E-state index in [1.54, 1.807) is 18.2 Å². The van der Waals surface area contributed by atoms with Gasteiger partial charge >= 0.3 is 0 Å². The Bertz CT molecular complexity index is 1200. The molecule has 178 valence electrons. The van der Waals surface area contributed by atoms with Crippen LogP contribution in [0, 0.1) is 12.8 Å². The van der Waals surface area contributed by atoms with Crippen molar-refractivity contribution >= 4 is 34.1 Å². The van der Waals surface area contributed by atoms with E-state index in [2.05, 4.69) is 25.5 Å². The largest absolute Gasteiger partial charge is 0.491 e. The molecule has 0 saturated heterocycles. The second-order valence-electron chi connectivity index (χ2n) is 7.58. The lowest BCUT2D eigenvalue weighted by Gasteiger charge is -2.16. The number of hydrogen-bond acceptors (Lipinski definition) is 6. The average Bonchev–Trinajstić information content (AvgIpc) is 3.67. The molecule has 1 saturated carbocycles. The van der Waals surface area contributed by atoms with E-state index in [0.29, 0.717) is 29.1 Å².